The van der Waals surface area contributed by atoms with Crippen LogP contribution in [0.5, 0.6) is 0 Å². The minimum absolute atomic E-state index is 0.387. The topological polar surface area (TPSA) is 92.4 Å². The summed E-state index contributed by atoms with van der Waals surface area (Å²) in [6, 6.07) is 0. The smallest absolute Gasteiger partial charge is 0.243 e. The molecular formula is C12H23N7O. The molecule has 2 rings (SSSR count). The van der Waals surface area contributed by atoms with Crippen molar-refractivity contribution in [1.29, 1.82) is 0 Å². The molecule has 0 unspecified atom stereocenters. The second-order valence-corrected chi connectivity index (χ2v) is 5.18. The van der Waals surface area contributed by atoms with E-state index in [9.17, 15) is 0 Å². The second kappa shape index (κ2) is 6.67. The van der Waals surface area contributed by atoms with E-state index in [1.807, 2.05) is 19.0 Å². The van der Waals surface area contributed by atoms with Crippen molar-refractivity contribution in [3.8, 4) is 0 Å². The van der Waals surface area contributed by atoms with Gasteiger partial charge in [-0.15, -0.1) is 0 Å². The van der Waals surface area contributed by atoms with Crippen LogP contribution in [-0.4, -0.2) is 55.9 Å². The van der Waals surface area contributed by atoms with E-state index in [1.165, 1.54) is 0 Å². The van der Waals surface area contributed by atoms with Gasteiger partial charge in [0.25, 0.3) is 0 Å². The summed E-state index contributed by atoms with van der Waals surface area (Å²) in [5, 5.41) is 0. The molecule has 0 bridgehead atoms. The second-order valence-electron chi connectivity index (χ2n) is 5.18. The molecule has 0 saturated carbocycles. The Labute approximate surface area is 119 Å². The minimum atomic E-state index is 0.387. The highest BCUT2D eigenvalue weighted by molar-refractivity contribution is 5.44. The summed E-state index contributed by atoms with van der Waals surface area (Å²) in [6.07, 6.45) is 2.17. The molecule has 8 heteroatoms. The fraction of sp³-hybridized carbons (Fsp3) is 0.750. The number of nitrogens with zero attached hydrogens (tertiary/aromatic N) is 5. The molecule has 2 heterocycles. The Balaban J connectivity index is 2.10. The van der Waals surface area contributed by atoms with Gasteiger partial charge in [0.15, 0.2) is 0 Å². The molecule has 1 saturated heterocycles. The van der Waals surface area contributed by atoms with Crippen LogP contribution in [0.15, 0.2) is 0 Å². The Morgan fingerprint density at radius 2 is 2.00 bits per heavy atom. The Bertz CT molecular complexity index is 432. The van der Waals surface area contributed by atoms with E-state index in [0.29, 0.717) is 23.8 Å². The van der Waals surface area contributed by atoms with Gasteiger partial charge in [-0.2, -0.15) is 15.0 Å². The molecule has 0 radical (unpaired) electrons. The van der Waals surface area contributed by atoms with Crippen LogP contribution < -0.4 is 21.1 Å². The predicted octanol–water partition coefficient (Wildman–Crippen LogP) is 0.0860. The van der Waals surface area contributed by atoms with Crippen LogP contribution in [0.2, 0.25) is 0 Å². The molecule has 0 atom stereocenters. The van der Waals surface area contributed by atoms with E-state index >= 15 is 0 Å². The largest absolute Gasteiger partial charge is 0.384 e. The van der Waals surface area contributed by atoms with Gasteiger partial charge in [-0.05, 0) is 18.8 Å². The lowest BCUT2D eigenvalue weighted by Gasteiger charge is -2.32. The van der Waals surface area contributed by atoms with Gasteiger partial charge in [-0.3, -0.25) is 5.43 Å². The summed E-state index contributed by atoms with van der Waals surface area (Å²) in [5.74, 6) is 7.71. The van der Waals surface area contributed by atoms with Crippen molar-refractivity contribution in [2.75, 3.05) is 56.1 Å². The minimum Gasteiger partial charge on any atom is -0.384 e. The fourth-order valence-corrected chi connectivity index (χ4v) is 2.30. The maximum Gasteiger partial charge on any atom is 0.243 e. The van der Waals surface area contributed by atoms with Gasteiger partial charge in [-0.25, -0.2) is 5.84 Å². The van der Waals surface area contributed by atoms with E-state index in [2.05, 4.69) is 25.3 Å². The van der Waals surface area contributed by atoms with Crippen LogP contribution in [0.25, 0.3) is 0 Å². The number of aromatic nitrogens is 3. The maximum atomic E-state index is 5.42. The van der Waals surface area contributed by atoms with Crippen LogP contribution in [0, 0.1) is 5.92 Å². The van der Waals surface area contributed by atoms with Crippen LogP contribution in [0.1, 0.15) is 12.8 Å². The molecule has 1 aromatic rings. The van der Waals surface area contributed by atoms with E-state index in [4.69, 9.17) is 10.6 Å². The summed E-state index contributed by atoms with van der Waals surface area (Å²) >= 11 is 0. The number of anilines is 3. The summed E-state index contributed by atoms with van der Waals surface area (Å²) in [7, 11) is 5.54. The number of nitrogens with two attached hydrogens (primary N) is 1. The zero-order chi connectivity index (χ0) is 14.5. The quantitative estimate of drug-likeness (QED) is 0.579. The fourth-order valence-electron chi connectivity index (χ4n) is 2.30. The van der Waals surface area contributed by atoms with Gasteiger partial charge in [0.05, 0.1) is 0 Å². The average molecular weight is 281 g/mol. The van der Waals surface area contributed by atoms with Crippen molar-refractivity contribution in [3.05, 3.63) is 0 Å². The lowest BCUT2D eigenvalue weighted by atomic mass is 9.98. The van der Waals surface area contributed by atoms with Crippen molar-refractivity contribution in [1.82, 2.24) is 15.0 Å². The lowest BCUT2D eigenvalue weighted by molar-refractivity contribution is 0.139. The molecule has 20 heavy (non-hydrogen) atoms. The third-order valence-electron chi connectivity index (χ3n) is 3.44. The van der Waals surface area contributed by atoms with E-state index < -0.39 is 0 Å². The first-order valence-corrected chi connectivity index (χ1v) is 6.78. The van der Waals surface area contributed by atoms with Gasteiger partial charge in [0.2, 0.25) is 17.8 Å². The summed E-state index contributed by atoms with van der Waals surface area (Å²) in [6.45, 7) is 2.67. The predicted molar refractivity (Wildman–Crippen MR) is 78.8 cm³/mol. The van der Waals surface area contributed by atoms with Crippen LogP contribution in [-0.2, 0) is 4.74 Å². The Kier molecular flexibility index (Phi) is 4.91. The standard InChI is InChI=1S/C12H23N7O/c1-18(2)11-14-10(17-13)15-12(16-11)19-6-4-9(5-7-19)8-20-3/h9H,4-8,13H2,1-3H3,(H,14,15,16,17). The van der Waals surface area contributed by atoms with Crippen LogP contribution in [0.4, 0.5) is 17.8 Å². The van der Waals surface area contributed by atoms with Gasteiger partial charge in [-0.1, -0.05) is 0 Å². The molecule has 3 N–H and O–H groups in total. The van der Waals surface area contributed by atoms with Crippen molar-refractivity contribution in [3.63, 3.8) is 0 Å². The number of nitrogen functional groups attached to an aromatic ring is 1. The Morgan fingerprint density at radius 3 is 2.55 bits per heavy atom. The Hall–Kier alpha value is -1.67. The van der Waals surface area contributed by atoms with Crippen molar-refractivity contribution in [2.45, 2.75) is 12.8 Å². The van der Waals surface area contributed by atoms with Crippen LogP contribution >= 0.6 is 0 Å². The van der Waals surface area contributed by atoms with Gasteiger partial charge >= 0.3 is 0 Å². The molecule has 1 aliphatic heterocycles. The third-order valence-corrected chi connectivity index (χ3v) is 3.44. The van der Waals surface area contributed by atoms with E-state index in [0.717, 1.165) is 32.5 Å². The summed E-state index contributed by atoms with van der Waals surface area (Å²) in [5.41, 5.74) is 2.50. The Morgan fingerprint density at radius 1 is 1.30 bits per heavy atom. The number of ether oxygens (including phenoxy) is 1. The SMILES string of the molecule is COCC1CCN(c2nc(NN)nc(N(C)C)n2)CC1. The summed E-state index contributed by atoms with van der Waals surface area (Å²) in [4.78, 5) is 17.0. The summed E-state index contributed by atoms with van der Waals surface area (Å²) < 4.78 is 5.22. The molecule has 1 aromatic heterocycles. The highest BCUT2D eigenvalue weighted by Gasteiger charge is 2.22. The zero-order valence-electron chi connectivity index (χ0n) is 12.3. The maximum absolute atomic E-state index is 5.42. The highest BCUT2D eigenvalue weighted by Crippen LogP contribution is 2.22. The third kappa shape index (κ3) is 3.45. The van der Waals surface area contributed by atoms with Gasteiger partial charge < -0.3 is 14.5 Å². The van der Waals surface area contributed by atoms with Crippen LogP contribution in [0.3, 0.4) is 0 Å². The number of rotatable bonds is 5. The molecule has 8 nitrogen and oxygen atoms in total. The van der Waals surface area contributed by atoms with Crippen molar-refractivity contribution < 1.29 is 4.74 Å². The highest BCUT2D eigenvalue weighted by atomic mass is 16.5. The molecule has 0 aliphatic carbocycles. The first kappa shape index (κ1) is 14.7. The number of piperidine rings is 1. The number of hydrogen-bond donors (Lipinski definition) is 2. The lowest BCUT2D eigenvalue weighted by Crippen LogP contribution is -2.36. The number of methoxy groups -OCH3 is 1. The first-order chi connectivity index (χ1) is 9.63. The number of nitrogens with one attached hydrogen (secondary N) is 1. The van der Waals surface area contributed by atoms with E-state index in [-0.39, 0.29) is 0 Å². The van der Waals surface area contributed by atoms with E-state index in [1.54, 1.807) is 7.11 Å². The monoisotopic (exact) mass is 281 g/mol. The average Bonchev–Trinajstić information content (AvgIpc) is 2.47. The number of hydrogen-bond acceptors (Lipinski definition) is 8. The molecule has 1 fully saturated rings. The molecule has 0 aromatic carbocycles. The van der Waals surface area contributed by atoms with Crippen molar-refractivity contribution in [2.24, 2.45) is 11.8 Å². The molecule has 0 spiro atoms. The first-order valence-electron chi connectivity index (χ1n) is 6.78. The van der Waals surface area contributed by atoms with Crippen molar-refractivity contribution >= 4 is 17.8 Å². The number of hydrazine groups is 1. The van der Waals surface area contributed by atoms with Gasteiger partial charge in [0.1, 0.15) is 0 Å². The normalized spacial score (nSPS) is 16.3. The molecule has 1 aliphatic rings. The molecule has 112 valence electrons. The van der Waals surface area contributed by atoms with Gasteiger partial charge in [0, 0.05) is 40.9 Å². The molecular weight excluding hydrogens is 258 g/mol. The molecule has 0 amide bonds. The zero-order valence-corrected chi connectivity index (χ0v) is 12.3.